The molecule has 0 radical (unpaired) electrons. The summed E-state index contributed by atoms with van der Waals surface area (Å²) in [6.45, 7) is 5.16. The highest BCUT2D eigenvalue weighted by Crippen LogP contribution is 2.20. The standard InChI is InChI=1S/C12H18N2O2S/c1-2-16-12(15)10-3-5-14(6-4-10)7-11-8-17-9-13-11/h8-10H,2-7H2,1H3. The molecule has 0 N–H and O–H groups in total. The number of carbonyl (C=O) groups excluding carboxylic acids is 1. The van der Waals surface area contributed by atoms with Gasteiger partial charge in [-0.3, -0.25) is 9.69 Å². The predicted octanol–water partition coefficient (Wildman–Crippen LogP) is 1.92. The van der Waals surface area contributed by atoms with E-state index >= 15 is 0 Å². The number of hydrogen-bond donors (Lipinski definition) is 0. The monoisotopic (exact) mass is 254 g/mol. The summed E-state index contributed by atoms with van der Waals surface area (Å²) in [5, 5.41) is 2.08. The fourth-order valence-corrected chi connectivity index (χ4v) is 2.68. The Kier molecular flexibility index (Phi) is 4.50. The van der Waals surface area contributed by atoms with Crippen molar-refractivity contribution >= 4 is 17.3 Å². The molecule has 1 aromatic rings. The minimum atomic E-state index is -0.0270. The van der Waals surface area contributed by atoms with Crippen LogP contribution in [0.5, 0.6) is 0 Å². The summed E-state index contributed by atoms with van der Waals surface area (Å²) in [6.07, 6.45) is 1.81. The zero-order valence-electron chi connectivity index (χ0n) is 10.1. The number of hydrogen-bond acceptors (Lipinski definition) is 5. The van der Waals surface area contributed by atoms with Gasteiger partial charge in [-0.15, -0.1) is 11.3 Å². The smallest absolute Gasteiger partial charge is 0.309 e. The molecule has 0 aromatic carbocycles. The number of ether oxygens (including phenoxy) is 1. The van der Waals surface area contributed by atoms with Crippen LogP contribution in [0.15, 0.2) is 10.9 Å². The van der Waals surface area contributed by atoms with Gasteiger partial charge in [0.1, 0.15) is 0 Å². The SMILES string of the molecule is CCOC(=O)C1CCN(Cc2cscn2)CC1. The molecule has 1 saturated heterocycles. The molecule has 0 spiro atoms. The Morgan fingerprint density at radius 3 is 2.94 bits per heavy atom. The summed E-state index contributed by atoms with van der Waals surface area (Å²) in [7, 11) is 0. The molecule has 0 saturated carbocycles. The van der Waals surface area contributed by atoms with E-state index in [9.17, 15) is 4.79 Å². The maximum atomic E-state index is 11.6. The number of esters is 1. The van der Waals surface area contributed by atoms with E-state index in [1.54, 1.807) is 11.3 Å². The van der Waals surface area contributed by atoms with Gasteiger partial charge in [0.25, 0.3) is 0 Å². The summed E-state index contributed by atoms with van der Waals surface area (Å²) in [4.78, 5) is 18.2. The lowest BCUT2D eigenvalue weighted by Gasteiger charge is -2.30. The van der Waals surface area contributed by atoms with Crippen molar-refractivity contribution in [1.82, 2.24) is 9.88 Å². The molecular weight excluding hydrogens is 236 g/mol. The van der Waals surface area contributed by atoms with Gasteiger partial charge in [-0.2, -0.15) is 0 Å². The van der Waals surface area contributed by atoms with Gasteiger partial charge < -0.3 is 4.74 Å². The maximum absolute atomic E-state index is 11.6. The highest BCUT2D eigenvalue weighted by atomic mass is 32.1. The fourth-order valence-electron chi connectivity index (χ4n) is 2.13. The lowest BCUT2D eigenvalue weighted by Crippen LogP contribution is -2.36. The molecular formula is C12H18N2O2S. The highest BCUT2D eigenvalue weighted by Gasteiger charge is 2.25. The van der Waals surface area contributed by atoms with Crippen LogP contribution >= 0.6 is 11.3 Å². The Labute approximate surface area is 106 Å². The highest BCUT2D eigenvalue weighted by molar-refractivity contribution is 7.07. The van der Waals surface area contributed by atoms with Crippen LogP contribution in [-0.4, -0.2) is 35.5 Å². The number of nitrogens with zero attached hydrogens (tertiary/aromatic N) is 2. The number of likely N-dealkylation sites (tertiary alicyclic amines) is 1. The Bertz CT molecular complexity index is 345. The average molecular weight is 254 g/mol. The van der Waals surface area contributed by atoms with E-state index in [2.05, 4.69) is 15.3 Å². The average Bonchev–Trinajstić information content (AvgIpc) is 2.83. The van der Waals surface area contributed by atoms with Gasteiger partial charge >= 0.3 is 5.97 Å². The van der Waals surface area contributed by atoms with Crippen LogP contribution in [0.3, 0.4) is 0 Å². The van der Waals surface area contributed by atoms with Crippen LogP contribution in [0.4, 0.5) is 0 Å². The number of piperidine rings is 1. The minimum Gasteiger partial charge on any atom is -0.466 e. The first kappa shape index (κ1) is 12.5. The summed E-state index contributed by atoms with van der Waals surface area (Å²) >= 11 is 1.63. The van der Waals surface area contributed by atoms with Crippen LogP contribution in [-0.2, 0) is 16.1 Å². The normalized spacial score (nSPS) is 18.2. The van der Waals surface area contributed by atoms with Crippen LogP contribution in [0.1, 0.15) is 25.5 Å². The lowest BCUT2D eigenvalue weighted by atomic mass is 9.97. The van der Waals surface area contributed by atoms with Crippen molar-refractivity contribution in [3.05, 3.63) is 16.6 Å². The molecule has 1 aliphatic rings. The first-order valence-corrected chi connectivity index (χ1v) is 7.00. The van der Waals surface area contributed by atoms with Crippen molar-refractivity contribution in [2.24, 2.45) is 5.92 Å². The van der Waals surface area contributed by atoms with E-state index in [-0.39, 0.29) is 11.9 Å². The largest absolute Gasteiger partial charge is 0.466 e. The quantitative estimate of drug-likeness (QED) is 0.770. The van der Waals surface area contributed by atoms with Crippen molar-refractivity contribution in [2.75, 3.05) is 19.7 Å². The van der Waals surface area contributed by atoms with E-state index in [0.717, 1.165) is 38.2 Å². The minimum absolute atomic E-state index is 0.0270. The van der Waals surface area contributed by atoms with E-state index in [0.29, 0.717) is 6.61 Å². The van der Waals surface area contributed by atoms with Crippen molar-refractivity contribution in [3.63, 3.8) is 0 Å². The topological polar surface area (TPSA) is 42.4 Å². The molecule has 0 aliphatic carbocycles. The third-order valence-electron chi connectivity index (χ3n) is 3.08. The van der Waals surface area contributed by atoms with Gasteiger partial charge in [0, 0.05) is 11.9 Å². The Morgan fingerprint density at radius 2 is 2.35 bits per heavy atom. The molecule has 5 heteroatoms. The van der Waals surface area contributed by atoms with Crippen LogP contribution < -0.4 is 0 Å². The first-order chi connectivity index (χ1) is 8.29. The number of carbonyl (C=O) groups is 1. The molecule has 0 atom stereocenters. The van der Waals surface area contributed by atoms with Crippen LogP contribution in [0.2, 0.25) is 0 Å². The summed E-state index contributed by atoms with van der Waals surface area (Å²) in [5.74, 6) is 0.0717. The van der Waals surface area contributed by atoms with Crippen molar-refractivity contribution in [1.29, 1.82) is 0 Å². The summed E-state index contributed by atoms with van der Waals surface area (Å²) < 4.78 is 5.05. The summed E-state index contributed by atoms with van der Waals surface area (Å²) in [6, 6.07) is 0. The molecule has 94 valence electrons. The van der Waals surface area contributed by atoms with Gasteiger partial charge in [-0.1, -0.05) is 0 Å². The third-order valence-corrected chi connectivity index (χ3v) is 3.71. The van der Waals surface area contributed by atoms with Crippen molar-refractivity contribution < 1.29 is 9.53 Å². The zero-order valence-corrected chi connectivity index (χ0v) is 10.9. The molecule has 1 aromatic heterocycles. The predicted molar refractivity (Wildman–Crippen MR) is 66.7 cm³/mol. The molecule has 0 bridgehead atoms. The zero-order chi connectivity index (χ0) is 12.1. The second-order valence-corrected chi connectivity index (χ2v) is 5.00. The second-order valence-electron chi connectivity index (χ2n) is 4.28. The van der Waals surface area contributed by atoms with Crippen LogP contribution in [0.25, 0.3) is 0 Å². The summed E-state index contributed by atoms with van der Waals surface area (Å²) in [5.41, 5.74) is 2.99. The molecule has 1 aliphatic heterocycles. The van der Waals surface area contributed by atoms with E-state index < -0.39 is 0 Å². The van der Waals surface area contributed by atoms with E-state index in [1.165, 1.54) is 0 Å². The van der Waals surface area contributed by atoms with Crippen molar-refractivity contribution in [3.8, 4) is 0 Å². The van der Waals surface area contributed by atoms with E-state index in [1.807, 2.05) is 12.4 Å². The fraction of sp³-hybridized carbons (Fsp3) is 0.667. The molecule has 2 heterocycles. The molecule has 0 amide bonds. The second kappa shape index (κ2) is 6.12. The number of aromatic nitrogens is 1. The molecule has 4 nitrogen and oxygen atoms in total. The Balaban J connectivity index is 1.76. The molecule has 1 fully saturated rings. The third kappa shape index (κ3) is 3.51. The van der Waals surface area contributed by atoms with Gasteiger partial charge in [-0.05, 0) is 32.9 Å². The Hall–Kier alpha value is -0.940. The lowest BCUT2D eigenvalue weighted by molar-refractivity contribution is -0.149. The Morgan fingerprint density at radius 1 is 1.59 bits per heavy atom. The number of rotatable bonds is 4. The van der Waals surface area contributed by atoms with E-state index in [4.69, 9.17) is 4.74 Å². The van der Waals surface area contributed by atoms with Crippen LogP contribution in [0, 0.1) is 5.92 Å². The maximum Gasteiger partial charge on any atom is 0.309 e. The van der Waals surface area contributed by atoms with Gasteiger partial charge in [-0.25, -0.2) is 4.98 Å². The van der Waals surface area contributed by atoms with Gasteiger partial charge in [0.15, 0.2) is 0 Å². The van der Waals surface area contributed by atoms with Gasteiger partial charge in [0.05, 0.1) is 23.7 Å². The molecule has 17 heavy (non-hydrogen) atoms. The van der Waals surface area contributed by atoms with Gasteiger partial charge in [0.2, 0.25) is 0 Å². The van der Waals surface area contributed by atoms with Crippen molar-refractivity contribution in [2.45, 2.75) is 26.3 Å². The first-order valence-electron chi connectivity index (χ1n) is 6.05. The number of thiazole rings is 1. The molecule has 0 unspecified atom stereocenters. The molecule has 2 rings (SSSR count).